The van der Waals surface area contributed by atoms with Crippen LogP contribution in [0.3, 0.4) is 0 Å². The molecule has 0 unspecified atom stereocenters. The average Bonchev–Trinajstić information content (AvgIpc) is 3.31. The van der Waals surface area contributed by atoms with Gasteiger partial charge in [0.2, 0.25) is 0 Å². The maximum atomic E-state index is 14.1. The summed E-state index contributed by atoms with van der Waals surface area (Å²) in [6.45, 7) is 11.9. The van der Waals surface area contributed by atoms with Gasteiger partial charge in [-0.3, -0.25) is 19.4 Å². The molecule has 2 N–H and O–H groups in total. The van der Waals surface area contributed by atoms with Crippen LogP contribution in [0.5, 0.6) is 5.75 Å². The number of rotatable bonds is 9. The number of anilines is 1. The van der Waals surface area contributed by atoms with E-state index < -0.39 is 12.2 Å². The third-order valence-corrected chi connectivity index (χ3v) is 11.2. The second-order valence-electron chi connectivity index (χ2n) is 14.6. The first-order valence-electron chi connectivity index (χ1n) is 18.9. The van der Waals surface area contributed by atoms with Crippen molar-refractivity contribution in [3.63, 3.8) is 0 Å². The lowest BCUT2D eigenvalue weighted by molar-refractivity contribution is -0.144. The number of amides is 4. The van der Waals surface area contributed by atoms with Crippen LogP contribution in [0.15, 0.2) is 36.4 Å². The third-order valence-electron chi connectivity index (χ3n) is 11.2. The lowest BCUT2D eigenvalue weighted by Gasteiger charge is -2.43. The van der Waals surface area contributed by atoms with E-state index >= 15 is 0 Å². The Labute approximate surface area is 306 Å². The van der Waals surface area contributed by atoms with Crippen molar-refractivity contribution in [2.45, 2.75) is 77.5 Å². The Morgan fingerprint density at radius 1 is 0.865 bits per heavy atom. The van der Waals surface area contributed by atoms with Gasteiger partial charge in [-0.2, -0.15) is 0 Å². The Morgan fingerprint density at radius 3 is 2.19 bits per heavy atom. The molecule has 0 aromatic heterocycles. The highest BCUT2D eigenvalue weighted by Crippen LogP contribution is 2.27. The Kier molecular flexibility index (Phi) is 12.2. The van der Waals surface area contributed by atoms with Crippen molar-refractivity contribution in [2.24, 2.45) is 0 Å². The molecule has 6 rings (SSSR count). The summed E-state index contributed by atoms with van der Waals surface area (Å²) < 4.78 is 11.2. The molecule has 2 aromatic rings. The smallest absolute Gasteiger partial charge is 0.410 e. The van der Waals surface area contributed by atoms with E-state index in [4.69, 9.17) is 9.47 Å². The first-order valence-corrected chi connectivity index (χ1v) is 18.9. The molecule has 2 aromatic carbocycles. The van der Waals surface area contributed by atoms with Crippen LogP contribution in [0.1, 0.15) is 54.9 Å². The van der Waals surface area contributed by atoms with Crippen LogP contribution in [0.4, 0.5) is 15.3 Å². The number of hydrogen-bond acceptors (Lipinski definition) is 9. The number of piperazine rings is 1. The highest BCUT2D eigenvalue weighted by atomic mass is 16.6. The molecule has 13 heteroatoms. The maximum Gasteiger partial charge on any atom is 0.410 e. The second kappa shape index (κ2) is 17.0. The number of phenolic OH excluding ortho intramolecular Hbond substituents is 1. The summed E-state index contributed by atoms with van der Waals surface area (Å²) in [4.78, 5) is 62.8. The van der Waals surface area contributed by atoms with E-state index in [1.807, 2.05) is 67.0 Å². The van der Waals surface area contributed by atoms with Crippen molar-refractivity contribution >= 4 is 29.7 Å². The second-order valence-corrected chi connectivity index (χ2v) is 14.6. The molecule has 0 saturated carbocycles. The number of piperidine rings is 2. The van der Waals surface area contributed by atoms with Crippen LogP contribution < -0.4 is 5.32 Å². The fourth-order valence-electron chi connectivity index (χ4n) is 8.19. The van der Waals surface area contributed by atoms with Crippen molar-refractivity contribution in [3.8, 4) is 5.75 Å². The Hall–Kier alpha value is -4.36. The molecule has 3 fully saturated rings. The zero-order valence-corrected chi connectivity index (χ0v) is 30.8. The van der Waals surface area contributed by atoms with Crippen LogP contribution in [0.25, 0.3) is 0 Å². The molecule has 4 amide bonds. The fourth-order valence-corrected chi connectivity index (χ4v) is 8.19. The number of urea groups is 1. The van der Waals surface area contributed by atoms with Crippen molar-refractivity contribution in [2.75, 3.05) is 77.4 Å². The summed E-state index contributed by atoms with van der Waals surface area (Å²) >= 11 is 0. The molecule has 4 aliphatic heterocycles. The third kappa shape index (κ3) is 8.98. The number of carbonyl (C=O) groups excluding carboxylic acids is 4. The van der Waals surface area contributed by atoms with E-state index in [0.29, 0.717) is 75.9 Å². The first-order chi connectivity index (χ1) is 25.1. The summed E-state index contributed by atoms with van der Waals surface area (Å²) in [5.74, 6) is -0.174. The topological polar surface area (TPSA) is 135 Å². The Bertz CT molecular complexity index is 1570. The molecule has 4 aliphatic rings. The summed E-state index contributed by atoms with van der Waals surface area (Å²) in [7, 11) is 0. The van der Waals surface area contributed by atoms with E-state index in [1.165, 1.54) is 0 Å². The van der Waals surface area contributed by atoms with Gasteiger partial charge in [-0.1, -0.05) is 30.3 Å². The van der Waals surface area contributed by atoms with Crippen molar-refractivity contribution in [1.29, 1.82) is 0 Å². The highest BCUT2D eigenvalue weighted by Gasteiger charge is 2.36. The van der Waals surface area contributed by atoms with E-state index in [2.05, 4.69) is 15.1 Å². The summed E-state index contributed by atoms with van der Waals surface area (Å²) in [6, 6.07) is 11.8. The number of aromatic hydroxyl groups is 1. The predicted octanol–water partition coefficient (Wildman–Crippen LogP) is 3.78. The number of fused-ring (bicyclic) bond motifs is 1. The average molecular weight is 719 g/mol. The lowest BCUT2D eigenvalue weighted by Crippen LogP contribution is -2.57. The Morgan fingerprint density at radius 2 is 1.52 bits per heavy atom. The number of hydrogen-bond donors (Lipinski definition) is 2. The number of nitrogens with zero attached hydrogens (tertiary/aromatic N) is 5. The number of esters is 1. The minimum absolute atomic E-state index is 0.000151. The highest BCUT2D eigenvalue weighted by molar-refractivity contribution is 5.91. The number of phenols is 1. The van der Waals surface area contributed by atoms with Gasteiger partial charge in [0.05, 0.1) is 13.2 Å². The van der Waals surface area contributed by atoms with E-state index in [0.717, 1.165) is 62.3 Å². The van der Waals surface area contributed by atoms with Crippen LogP contribution in [0.2, 0.25) is 0 Å². The van der Waals surface area contributed by atoms with Gasteiger partial charge in [-0.05, 0) is 81.2 Å². The monoisotopic (exact) mass is 718 g/mol. The molecule has 13 nitrogen and oxygen atoms in total. The molecule has 52 heavy (non-hydrogen) atoms. The van der Waals surface area contributed by atoms with Gasteiger partial charge in [0, 0.05) is 83.1 Å². The van der Waals surface area contributed by atoms with Gasteiger partial charge < -0.3 is 34.6 Å². The number of para-hydroxylation sites is 1. The molecule has 0 aliphatic carbocycles. The van der Waals surface area contributed by atoms with Gasteiger partial charge in [0.25, 0.3) is 5.91 Å². The standard InChI is InChI=1S/C39H54N6O7/c1-4-51-35(46)26-41-14-10-31(11-15-41)42-19-21-43(22-20-42)37(48)34(25-29-23-27(2)36(47)28(3)24-29)52-39(50)44-16-12-32(13-17-44)45-18-9-30-7-5-6-8-33(30)40-38(45)49/h5-8,23-24,31-32,34,47H,4,9-22,25-26H2,1-3H3,(H,40,49)/t34-/m1/s1. The number of aryl methyl sites for hydroxylation is 2. The minimum atomic E-state index is -1.01. The largest absolute Gasteiger partial charge is 0.507 e. The van der Waals surface area contributed by atoms with Crippen molar-refractivity contribution in [1.82, 2.24) is 24.5 Å². The predicted molar refractivity (Wildman–Crippen MR) is 196 cm³/mol. The van der Waals surface area contributed by atoms with Crippen LogP contribution in [-0.2, 0) is 31.9 Å². The lowest BCUT2D eigenvalue weighted by atomic mass is 10.00. The molecular weight excluding hydrogens is 664 g/mol. The molecule has 4 heterocycles. The number of benzene rings is 2. The zero-order chi connectivity index (χ0) is 36.8. The van der Waals surface area contributed by atoms with Gasteiger partial charge >= 0.3 is 18.1 Å². The van der Waals surface area contributed by atoms with E-state index in [-0.39, 0.29) is 36.1 Å². The fraction of sp³-hybridized carbons (Fsp3) is 0.590. The Balaban J connectivity index is 1.05. The van der Waals surface area contributed by atoms with Gasteiger partial charge in [0.15, 0.2) is 6.10 Å². The SMILES string of the molecule is CCOC(=O)CN1CCC(N2CCN(C(=O)[C@@H](Cc3cc(C)c(O)c(C)c3)OC(=O)N3CCC(N4CCc5ccccc5NC4=O)CC3)CC2)CC1. The van der Waals surface area contributed by atoms with E-state index in [9.17, 15) is 24.3 Å². The number of ether oxygens (including phenoxy) is 2. The van der Waals surface area contributed by atoms with Crippen LogP contribution in [0, 0.1) is 13.8 Å². The number of likely N-dealkylation sites (tertiary alicyclic amines) is 2. The van der Waals surface area contributed by atoms with Gasteiger partial charge in [0.1, 0.15) is 5.75 Å². The first kappa shape index (κ1) is 37.4. The van der Waals surface area contributed by atoms with Crippen molar-refractivity contribution in [3.05, 3.63) is 58.7 Å². The number of nitrogens with one attached hydrogen (secondary N) is 1. The minimum Gasteiger partial charge on any atom is -0.507 e. The molecule has 282 valence electrons. The molecule has 0 radical (unpaired) electrons. The zero-order valence-electron chi connectivity index (χ0n) is 30.8. The normalized spacial score (nSPS) is 20.1. The van der Waals surface area contributed by atoms with Crippen molar-refractivity contribution < 1.29 is 33.8 Å². The van der Waals surface area contributed by atoms with Crippen LogP contribution >= 0.6 is 0 Å². The molecule has 0 bridgehead atoms. The quantitative estimate of drug-likeness (QED) is 0.372. The molecule has 1 atom stereocenters. The van der Waals surface area contributed by atoms with Crippen LogP contribution in [-0.4, -0.2) is 144 Å². The van der Waals surface area contributed by atoms with Gasteiger partial charge in [-0.15, -0.1) is 0 Å². The van der Waals surface area contributed by atoms with Gasteiger partial charge in [-0.25, -0.2) is 9.59 Å². The summed E-state index contributed by atoms with van der Waals surface area (Å²) in [5, 5.41) is 13.4. The molecular formula is C39H54N6O7. The number of carbonyl (C=O) groups is 4. The van der Waals surface area contributed by atoms with E-state index in [1.54, 1.807) is 4.90 Å². The summed E-state index contributed by atoms with van der Waals surface area (Å²) in [6.07, 6.45) is 2.60. The molecule has 0 spiro atoms. The maximum absolute atomic E-state index is 14.1. The molecule has 3 saturated heterocycles. The summed E-state index contributed by atoms with van der Waals surface area (Å²) in [5.41, 5.74) is 4.19.